The van der Waals surface area contributed by atoms with Gasteiger partial charge in [-0.15, -0.1) is 0 Å². The minimum absolute atomic E-state index is 0.162. The van der Waals surface area contributed by atoms with Crippen LogP contribution in [0, 0.1) is 11.3 Å². The molecule has 0 radical (unpaired) electrons. The quantitative estimate of drug-likeness (QED) is 0.632. The first-order valence-electron chi connectivity index (χ1n) is 8.66. The van der Waals surface area contributed by atoms with E-state index in [9.17, 15) is 9.59 Å². The molecule has 0 aliphatic heterocycles. The molecule has 2 aromatic carbocycles. The summed E-state index contributed by atoms with van der Waals surface area (Å²) in [4.78, 5) is 24.0. The predicted octanol–water partition coefficient (Wildman–Crippen LogP) is 3.13. The summed E-state index contributed by atoms with van der Waals surface area (Å²) in [5.74, 6) is -0.316. The number of aromatic nitrogens is 2. The summed E-state index contributed by atoms with van der Waals surface area (Å²) in [6.07, 6.45) is 3.51. The summed E-state index contributed by atoms with van der Waals surface area (Å²) in [5, 5.41) is 8.87. The minimum Gasteiger partial charge on any atom is -0.466 e. The number of esters is 1. The molecular weight excluding hydrogens is 342 g/mol. The van der Waals surface area contributed by atoms with Crippen molar-refractivity contribution in [1.82, 2.24) is 9.13 Å². The zero-order chi connectivity index (χ0) is 19.2. The highest BCUT2D eigenvalue weighted by molar-refractivity contribution is 5.69. The van der Waals surface area contributed by atoms with Gasteiger partial charge in [-0.1, -0.05) is 24.3 Å². The average Bonchev–Trinajstić information content (AvgIpc) is 3.07. The summed E-state index contributed by atoms with van der Waals surface area (Å²) in [6.45, 7) is 2.37. The molecule has 1 heterocycles. The number of hydrogen-bond acceptors (Lipinski definition) is 4. The predicted molar refractivity (Wildman–Crippen MR) is 101 cm³/mol. The minimum atomic E-state index is -0.316. The van der Waals surface area contributed by atoms with Crippen LogP contribution in [0.5, 0.6) is 0 Å². The molecule has 0 atom stereocenters. The van der Waals surface area contributed by atoms with Crippen molar-refractivity contribution in [1.29, 1.82) is 5.26 Å². The first-order valence-corrected chi connectivity index (χ1v) is 8.66. The Morgan fingerprint density at radius 3 is 2.26 bits per heavy atom. The normalized spacial score (nSPS) is 10.4. The van der Waals surface area contributed by atoms with E-state index >= 15 is 0 Å². The van der Waals surface area contributed by atoms with Crippen LogP contribution >= 0.6 is 0 Å². The van der Waals surface area contributed by atoms with E-state index in [1.54, 1.807) is 31.5 Å². The number of aryl methyl sites for hydroxylation is 1. The molecule has 0 bridgehead atoms. The zero-order valence-corrected chi connectivity index (χ0v) is 15.0. The molecule has 3 rings (SSSR count). The topological polar surface area (TPSA) is 77.0 Å². The fraction of sp³-hybridized carbons (Fsp3) is 0.190. The maximum absolute atomic E-state index is 12.5. The van der Waals surface area contributed by atoms with E-state index in [1.165, 1.54) is 9.13 Å². The van der Waals surface area contributed by atoms with Crippen molar-refractivity contribution in [3.63, 3.8) is 0 Å². The maximum Gasteiger partial charge on any atom is 0.332 e. The summed E-state index contributed by atoms with van der Waals surface area (Å²) in [5.41, 5.74) is 3.15. The Morgan fingerprint density at radius 1 is 1.04 bits per heavy atom. The van der Waals surface area contributed by atoms with Crippen molar-refractivity contribution in [2.24, 2.45) is 0 Å². The Balaban J connectivity index is 1.76. The van der Waals surface area contributed by atoms with Crippen molar-refractivity contribution in [2.45, 2.75) is 19.9 Å². The van der Waals surface area contributed by atoms with E-state index < -0.39 is 0 Å². The second-order valence-electron chi connectivity index (χ2n) is 5.94. The number of imidazole rings is 1. The second kappa shape index (κ2) is 8.19. The van der Waals surface area contributed by atoms with E-state index in [0.29, 0.717) is 12.2 Å². The van der Waals surface area contributed by atoms with Crippen LogP contribution in [0.3, 0.4) is 0 Å². The molecule has 6 nitrogen and oxygen atoms in total. The molecule has 0 aliphatic rings. The fourth-order valence-corrected chi connectivity index (χ4v) is 2.78. The third-order valence-electron chi connectivity index (χ3n) is 4.20. The zero-order valence-electron chi connectivity index (χ0n) is 15.0. The third-order valence-corrected chi connectivity index (χ3v) is 4.20. The molecule has 0 N–H and O–H groups in total. The van der Waals surface area contributed by atoms with Crippen molar-refractivity contribution in [3.05, 3.63) is 77.0 Å². The molecule has 0 unspecified atom stereocenters. The lowest BCUT2D eigenvalue weighted by Crippen LogP contribution is -2.24. The maximum atomic E-state index is 12.5. The average molecular weight is 361 g/mol. The van der Waals surface area contributed by atoms with Gasteiger partial charge in [0.15, 0.2) is 0 Å². The molecule has 1 aromatic heterocycles. The Labute approximate surface area is 156 Å². The second-order valence-corrected chi connectivity index (χ2v) is 5.94. The number of nitrogens with zero attached hydrogens (tertiary/aromatic N) is 3. The smallest absolute Gasteiger partial charge is 0.332 e. The lowest BCUT2D eigenvalue weighted by atomic mass is 10.0. The molecule has 0 saturated heterocycles. The van der Waals surface area contributed by atoms with Gasteiger partial charge < -0.3 is 4.74 Å². The van der Waals surface area contributed by atoms with Crippen LogP contribution in [-0.2, 0) is 16.1 Å². The number of hydrogen-bond donors (Lipinski definition) is 0. The highest BCUT2D eigenvalue weighted by Crippen LogP contribution is 2.21. The molecule has 6 heteroatoms. The van der Waals surface area contributed by atoms with Gasteiger partial charge in [0.25, 0.3) is 0 Å². The third kappa shape index (κ3) is 4.15. The molecule has 0 fully saturated rings. The van der Waals surface area contributed by atoms with Crippen LogP contribution in [0.15, 0.2) is 65.7 Å². The number of ether oxygens (including phenoxy) is 1. The highest BCUT2D eigenvalue weighted by atomic mass is 16.5. The highest BCUT2D eigenvalue weighted by Gasteiger charge is 2.08. The number of benzene rings is 2. The number of carbonyl (C=O) groups excluding carboxylic acids is 1. The molecule has 136 valence electrons. The van der Waals surface area contributed by atoms with E-state index in [-0.39, 0.29) is 24.6 Å². The van der Waals surface area contributed by atoms with Gasteiger partial charge in [-0.25, -0.2) is 4.79 Å². The van der Waals surface area contributed by atoms with Crippen LogP contribution in [0.2, 0.25) is 0 Å². The number of rotatable bonds is 6. The monoisotopic (exact) mass is 361 g/mol. The first-order chi connectivity index (χ1) is 13.1. The van der Waals surface area contributed by atoms with Gasteiger partial charge in [-0.3, -0.25) is 13.9 Å². The largest absolute Gasteiger partial charge is 0.466 e. The molecule has 0 spiro atoms. The van der Waals surface area contributed by atoms with Crippen LogP contribution < -0.4 is 5.69 Å². The van der Waals surface area contributed by atoms with Gasteiger partial charge in [0.05, 0.1) is 30.3 Å². The van der Waals surface area contributed by atoms with Crippen LogP contribution in [0.4, 0.5) is 0 Å². The SMILES string of the molecule is CCOC(=O)CCn1ccn(-c2ccc(-c3ccc(C#N)cc3)cc2)c1=O. The van der Waals surface area contributed by atoms with E-state index in [0.717, 1.165) is 16.8 Å². The number of nitriles is 1. The first kappa shape index (κ1) is 18.2. The van der Waals surface area contributed by atoms with E-state index in [2.05, 4.69) is 6.07 Å². The summed E-state index contributed by atoms with van der Waals surface area (Å²) >= 11 is 0. The van der Waals surface area contributed by atoms with Crippen molar-refractivity contribution >= 4 is 5.97 Å². The van der Waals surface area contributed by atoms with Crippen LogP contribution in [0.1, 0.15) is 18.9 Å². The fourth-order valence-electron chi connectivity index (χ4n) is 2.78. The van der Waals surface area contributed by atoms with E-state index in [4.69, 9.17) is 10.00 Å². The Morgan fingerprint density at radius 2 is 1.67 bits per heavy atom. The van der Waals surface area contributed by atoms with Crippen LogP contribution in [-0.4, -0.2) is 21.7 Å². The Hall–Kier alpha value is -3.59. The van der Waals surface area contributed by atoms with Gasteiger partial charge >= 0.3 is 11.7 Å². The summed E-state index contributed by atoms with van der Waals surface area (Å²) < 4.78 is 7.91. The lowest BCUT2D eigenvalue weighted by molar-refractivity contribution is -0.143. The molecule has 0 aliphatic carbocycles. The molecule has 27 heavy (non-hydrogen) atoms. The van der Waals surface area contributed by atoms with Crippen molar-refractivity contribution < 1.29 is 9.53 Å². The van der Waals surface area contributed by atoms with Crippen LogP contribution in [0.25, 0.3) is 16.8 Å². The van der Waals surface area contributed by atoms with Gasteiger partial charge in [-0.05, 0) is 42.3 Å². The molecule has 3 aromatic rings. The Kier molecular flexibility index (Phi) is 5.53. The number of carbonyl (C=O) groups is 1. The standard InChI is InChI=1S/C21H19N3O3/c1-2-27-20(25)11-12-23-13-14-24(21(23)26)19-9-7-18(8-10-19)17-5-3-16(15-22)4-6-17/h3-10,13-14H,2,11-12H2,1H3. The summed E-state index contributed by atoms with van der Waals surface area (Å²) in [6, 6.07) is 17.0. The molecule has 0 amide bonds. The summed E-state index contributed by atoms with van der Waals surface area (Å²) in [7, 11) is 0. The van der Waals surface area contributed by atoms with Gasteiger partial charge in [0.1, 0.15) is 0 Å². The van der Waals surface area contributed by atoms with Gasteiger partial charge in [0.2, 0.25) is 0 Å². The van der Waals surface area contributed by atoms with Gasteiger partial charge in [0, 0.05) is 18.9 Å². The molecule has 0 saturated carbocycles. The van der Waals surface area contributed by atoms with Crippen molar-refractivity contribution in [2.75, 3.05) is 6.61 Å². The lowest BCUT2D eigenvalue weighted by Gasteiger charge is -2.05. The van der Waals surface area contributed by atoms with Crippen molar-refractivity contribution in [3.8, 4) is 22.9 Å². The molecular formula is C21H19N3O3. The van der Waals surface area contributed by atoms with E-state index in [1.807, 2.05) is 36.4 Å². The van der Waals surface area contributed by atoms with Gasteiger partial charge in [-0.2, -0.15) is 5.26 Å². The Bertz CT molecular complexity index is 1020.